The zero-order chi connectivity index (χ0) is 20.2. The van der Waals surface area contributed by atoms with E-state index >= 15 is 0 Å². The molecule has 0 aliphatic heterocycles. The summed E-state index contributed by atoms with van der Waals surface area (Å²) in [6.07, 6.45) is 22.8. The van der Waals surface area contributed by atoms with E-state index in [2.05, 4.69) is 13.8 Å². The van der Waals surface area contributed by atoms with Gasteiger partial charge in [0.15, 0.2) is 0 Å². The van der Waals surface area contributed by atoms with Crippen LogP contribution in [0.25, 0.3) is 0 Å². The molecule has 0 spiro atoms. The van der Waals surface area contributed by atoms with Crippen LogP contribution in [0.3, 0.4) is 0 Å². The third-order valence-electron chi connectivity index (χ3n) is 5.52. The Balaban J connectivity index is 3.18. The fraction of sp³-hybridized carbons (Fsp3) is 0.958. The van der Waals surface area contributed by atoms with Gasteiger partial charge in [-0.2, -0.15) is 0 Å². The van der Waals surface area contributed by atoms with Gasteiger partial charge in [-0.15, -0.1) is 0 Å². The topological polar surface area (TPSA) is 69.1 Å². The van der Waals surface area contributed by atoms with E-state index in [1.165, 1.54) is 96.3 Å². The second-order valence-corrected chi connectivity index (χ2v) is 8.90. The van der Waals surface area contributed by atoms with Crippen molar-refractivity contribution in [1.82, 2.24) is 0 Å². The van der Waals surface area contributed by atoms with Crippen LogP contribution < -0.4 is 11.5 Å². The molecule has 0 saturated heterocycles. The Kier molecular flexibility index (Phi) is 20.0. The van der Waals surface area contributed by atoms with Gasteiger partial charge in [-0.25, -0.2) is 0 Å². The molecule has 0 fully saturated rings. The van der Waals surface area contributed by atoms with E-state index in [1.54, 1.807) is 0 Å². The molecule has 0 saturated carbocycles. The van der Waals surface area contributed by atoms with E-state index in [0.29, 0.717) is 12.3 Å². The fourth-order valence-electron chi connectivity index (χ4n) is 3.74. The van der Waals surface area contributed by atoms with E-state index in [0.717, 1.165) is 19.4 Å². The maximum Gasteiger partial charge on any atom is 0.149 e. The Hall–Kier alpha value is -0.410. The largest absolute Gasteiger partial charge is 0.330 e. The molecule has 0 aromatic carbocycles. The van der Waals surface area contributed by atoms with Gasteiger partial charge in [0.25, 0.3) is 0 Å². The first-order valence-electron chi connectivity index (χ1n) is 12.1. The van der Waals surface area contributed by atoms with Crippen LogP contribution in [0.4, 0.5) is 0 Å². The Morgan fingerprint density at radius 2 is 0.963 bits per heavy atom. The zero-order valence-corrected chi connectivity index (χ0v) is 18.7. The number of ketones is 1. The summed E-state index contributed by atoms with van der Waals surface area (Å²) >= 11 is 0. The molecule has 0 aromatic rings. The van der Waals surface area contributed by atoms with Gasteiger partial charge < -0.3 is 11.5 Å². The van der Waals surface area contributed by atoms with Crippen LogP contribution in [-0.4, -0.2) is 18.4 Å². The lowest BCUT2D eigenvalue weighted by atomic mass is 9.97. The molecule has 0 aliphatic carbocycles. The van der Waals surface area contributed by atoms with Crippen molar-refractivity contribution >= 4 is 5.78 Å². The molecule has 1 atom stereocenters. The molecule has 0 aliphatic rings. The third kappa shape index (κ3) is 20.1. The van der Waals surface area contributed by atoms with E-state index in [1.807, 2.05) is 0 Å². The lowest BCUT2D eigenvalue weighted by Crippen LogP contribution is -2.31. The maximum atomic E-state index is 11.9. The highest BCUT2D eigenvalue weighted by atomic mass is 16.1. The van der Waals surface area contributed by atoms with Gasteiger partial charge in [-0.1, -0.05) is 104 Å². The monoisotopic (exact) mass is 382 g/mol. The highest BCUT2D eigenvalue weighted by Gasteiger charge is 2.13. The van der Waals surface area contributed by atoms with Crippen molar-refractivity contribution in [2.75, 3.05) is 6.54 Å². The van der Waals surface area contributed by atoms with Gasteiger partial charge in [0.2, 0.25) is 0 Å². The van der Waals surface area contributed by atoms with E-state index < -0.39 is 0 Å². The molecule has 162 valence electrons. The van der Waals surface area contributed by atoms with Crippen LogP contribution in [0.1, 0.15) is 129 Å². The van der Waals surface area contributed by atoms with Gasteiger partial charge >= 0.3 is 0 Å². The van der Waals surface area contributed by atoms with Crippen molar-refractivity contribution in [2.24, 2.45) is 17.4 Å². The second kappa shape index (κ2) is 20.3. The molecule has 4 N–H and O–H groups in total. The van der Waals surface area contributed by atoms with Crippen molar-refractivity contribution < 1.29 is 4.79 Å². The molecule has 0 bridgehead atoms. The Morgan fingerprint density at radius 3 is 1.30 bits per heavy atom. The summed E-state index contributed by atoms with van der Waals surface area (Å²) in [6, 6.07) is -0.235. The molecule has 0 heterocycles. The molecule has 0 amide bonds. The van der Waals surface area contributed by atoms with Crippen LogP contribution in [0.2, 0.25) is 0 Å². The van der Waals surface area contributed by atoms with Crippen molar-refractivity contribution in [3.63, 3.8) is 0 Å². The highest BCUT2D eigenvalue weighted by molar-refractivity contribution is 5.83. The molecule has 3 nitrogen and oxygen atoms in total. The average molecular weight is 383 g/mol. The first-order chi connectivity index (χ1) is 13.1. The summed E-state index contributed by atoms with van der Waals surface area (Å²) in [4.78, 5) is 11.9. The van der Waals surface area contributed by atoms with Gasteiger partial charge in [-0.05, 0) is 31.7 Å². The smallest absolute Gasteiger partial charge is 0.149 e. The molecule has 0 radical (unpaired) electrons. The molecular formula is C24H50N2O. The van der Waals surface area contributed by atoms with Gasteiger partial charge in [-0.3, -0.25) is 4.79 Å². The third-order valence-corrected chi connectivity index (χ3v) is 5.52. The number of rotatable bonds is 21. The van der Waals surface area contributed by atoms with Crippen molar-refractivity contribution in [1.29, 1.82) is 0 Å². The number of unbranched alkanes of at least 4 members (excludes halogenated alkanes) is 15. The Bertz CT molecular complexity index is 318. The first kappa shape index (κ1) is 26.6. The van der Waals surface area contributed by atoms with Crippen molar-refractivity contribution in [3.8, 4) is 0 Å². The molecule has 0 aromatic heterocycles. The van der Waals surface area contributed by atoms with Gasteiger partial charge in [0.05, 0.1) is 6.04 Å². The number of Topliss-reactive ketones (excluding diaryl/α,β-unsaturated/α-hetero) is 1. The number of nitrogens with two attached hydrogens (primary N) is 2. The minimum absolute atomic E-state index is 0.235. The maximum absolute atomic E-state index is 11.9. The molecule has 0 rings (SSSR count). The summed E-state index contributed by atoms with van der Waals surface area (Å²) in [6.45, 7) is 5.10. The van der Waals surface area contributed by atoms with Crippen LogP contribution in [0.15, 0.2) is 0 Å². The number of hydrogen-bond donors (Lipinski definition) is 2. The van der Waals surface area contributed by atoms with Crippen LogP contribution >= 0.6 is 0 Å². The molecule has 27 heavy (non-hydrogen) atoms. The highest BCUT2D eigenvalue weighted by Crippen LogP contribution is 2.14. The molecule has 3 heteroatoms. The van der Waals surface area contributed by atoms with Gasteiger partial charge in [0, 0.05) is 6.42 Å². The Labute approximate surface area is 170 Å². The lowest BCUT2D eigenvalue weighted by molar-refractivity contribution is -0.120. The fourth-order valence-corrected chi connectivity index (χ4v) is 3.74. The summed E-state index contributed by atoms with van der Waals surface area (Å²) in [7, 11) is 0. The van der Waals surface area contributed by atoms with Gasteiger partial charge in [0.1, 0.15) is 5.78 Å². The summed E-state index contributed by atoms with van der Waals surface area (Å²) in [5.41, 5.74) is 11.4. The lowest BCUT2D eigenvalue weighted by Gasteiger charge is -2.12. The van der Waals surface area contributed by atoms with Crippen molar-refractivity contribution in [3.05, 3.63) is 0 Å². The van der Waals surface area contributed by atoms with Crippen LogP contribution in [0.5, 0.6) is 0 Å². The predicted molar refractivity (Wildman–Crippen MR) is 120 cm³/mol. The quantitative estimate of drug-likeness (QED) is 0.222. The average Bonchev–Trinajstić information content (AvgIpc) is 2.63. The molecule has 0 unspecified atom stereocenters. The molecular weight excluding hydrogens is 332 g/mol. The van der Waals surface area contributed by atoms with E-state index in [-0.39, 0.29) is 11.8 Å². The normalized spacial score (nSPS) is 12.6. The van der Waals surface area contributed by atoms with Crippen molar-refractivity contribution in [2.45, 2.75) is 135 Å². The first-order valence-corrected chi connectivity index (χ1v) is 12.1. The Morgan fingerprint density at radius 1 is 0.630 bits per heavy atom. The summed E-state index contributed by atoms with van der Waals surface area (Å²) in [5, 5.41) is 0. The minimum atomic E-state index is -0.235. The SMILES string of the molecule is CC(C)C[C@H](N)C(=O)CCCCCCCCCCCCCCCCCCN. The van der Waals surface area contributed by atoms with E-state index in [4.69, 9.17) is 11.5 Å². The van der Waals surface area contributed by atoms with Crippen LogP contribution in [-0.2, 0) is 4.79 Å². The van der Waals surface area contributed by atoms with E-state index in [9.17, 15) is 4.79 Å². The summed E-state index contributed by atoms with van der Waals surface area (Å²) in [5.74, 6) is 0.773. The zero-order valence-electron chi connectivity index (χ0n) is 18.7. The number of carbonyl (C=O) groups excluding carboxylic acids is 1. The summed E-state index contributed by atoms with van der Waals surface area (Å²) < 4.78 is 0. The number of hydrogen-bond acceptors (Lipinski definition) is 3. The number of carbonyl (C=O) groups is 1. The second-order valence-electron chi connectivity index (χ2n) is 8.90. The minimum Gasteiger partial charge on any atom is -0.330 e. The standard InChI is InChI=1S/C24H50N2O/c1-22(2)21-23(26)24(27)19-17-15-13-11-9-7-5-3-4-6-8-10-12-14-16-18-20-25/h22-23H,3-21,25-26H2,1-2H3/t23-/m0/s1. The predicted octanol–water partition coefficient (Wildman–Crippen LogP) is 6.52. The van der Waals surface area contributed by atoms with Crippen LogP contribution in [0, 0.1) is 5.92 Å².